The van der Waals surface area contributed by atoms with E-state index in [-0.39, 0.29) is 23.8 Å². The summed E-state index contributed by atoms with van der Waals surface area (Å²) in [6, 6.07) is 5.97. The van der Waals surface area contributed by atoms with Crippen molar-refractivity contribution in [3.63, 3.8) is 0 Å². The normalized spacial score (nSPS) is 11.1. The number of imidazole rings is 1. The standard InChI is InChI=1S/C17H15F2N3O3/c1-9-12(20-6-5-15(9)24-2)8-14(23)16-21-11-4-3-10(25-17(18)19)7-13(11)22-16/h3-7,17H,8H2,1-2H3,(H,21,22). The molecule has 1 N–H and O–H groups in total. The number of aromatic amines is 1. The lowest BCUT2D eigenvalue weighted by molar-refractivity contribution is -0.0497. The van der Waals surface area contributed by atoms with Gasteiger partial charge in [0.2, 0.25) is 5.78 Å². The summed E-state index contributed by atoms with van der Waals surface area (Å²) in [6.07, 6.45) is 1.62. The minimum absolute atomic E-state index is 0.00421. The van der Waals surface area contributed by atoms with E-state index in [9.17, 15) is 13.6 Å². The molecule has 8 heteroatoms. The lowest BCUT2D eigenvalue weighted by Crippen LogP contribution is -2.09. The Morgan fingerprint density at radius 2 is 2.12 bits per heavy atom. The molecule has 0 unspecified atom stereocenters. The lowest BCUT2D eigenvalue weighted by Gasteiger charge is -2.07. The molecule has 0 aliphatic heterocycles. The predicted molar refractivity (Wildman–Crippen MR) is 86.3 cm³/mol. The second kappa shape index (κ2) is 6.84. The number of pyridine rings is 1. The summed E-state index contributed by atoms with van der Waals surface area (Å²) in [5, 5.41) is 0. The Balaban J connectivity index is 1.85. The van der Waals surface area contributed by atoms with Crippen LogP contribution in [0.2, 0.25) is 0 Å². The van der Waals surface area contributed by atoms with Crippen LogP contribution in [-0.4, -0.2) is 34.5 Å². The molecule has 0 radical (unpaired) electrons. The Morgan fingerprint density at radius 1 is 1.32 bits per heavy atom. The highest BCUT2D eigenvalue weighted by Crippen LogP contribution is 2.22. The number of H-pyrrole nitrogens is 1. The zero-order chi connectivity index (χ0) is 18.0. The summed E-state index contributed by atoms with van der Waals surface area (Å²) in [5.41, 5.74) is 2.30. The first kappa shape index (κ1) is 16.8. The number of ketones is 1. The van der Waals surface area contributed by atoms with Crippen LogP contribution in [0.1, 0.15) is 21.9 Å². The molecule has 0 aliphatic rings. The summed E-state index contributed by atoms with van der Waals surface area (Å²) in [4.78, 5) is 23.7. The molecule has 25 heavy (non-hydrogen) atoms. The number of rotatable bonds is 6. The molecule has 0 fully saturated rings. The van der Waals surface area contributed by atoms with Crippen LogP contribution in [0.4, 0.5) is 8.78 Å². The Labute approximate surface area is 141 Å². The number of nitrogens with one attached hydrogen (secondary N) is 1. The maximum Gasteiger partial charge on any atom is 0.387 e. The number of benzene rings is 1. The van der Waals surface area contributed by atoms with Crippen LogP contribution in [0.15, 0.2) is 30.5 Å². The first-order valence-electron chi connectivity index (χ1n) is 7.44. The number of fused-ring (bicyclic) bond motifs is 1. The van der Waals surface area contributed by atoms with Crippen molar-refractivity contribution in [1.29, 1.82) is 0 Å². The number of carbonyl (C=O) groups is 1. The van der Waals surface area contributed by atoms with Gasteiger partial charge in [0.15, 0.2) is 5.82 Å². The number of ether oxygens (including phenoxy) is 2. The van der Waals surface area contributed by atoms with Gasteiger partial charge in [0.05, 0.1) is 30.3 Å². The first-order valence-corrected chi connectivity index (χ1v) is 7.44. The monoisotopic (exact) mass is 347 g/mol. The zero-order valence-corrected chi connectivity index (χ0v) is 13.5. The summed E-state index contributed by atoms with van der Waals surface area (Å²) in [5.74, 6) is 0.510. The van der Waals surface area contributed by atoms with E-state index in [1.165, 1.54) is 18.2 Å². The van der Waals surface area contributed by atoms with E-state index < -0.39 is 6.61 Å². The number of alkyl halides is 2. The molecule has 0 amide bonds. The summed E-state index contributed by atoms with van der Waals surface area (Å²) in [6.45, 7) is -1.09. The van der Waals surface area contributed by atoms with Gasteiger partial charge in [0, 0.05) is 17.8 Å². The molecule has 6 nitrogen and oxygen atoms in total. The van der Waals surface area contributed by atoms with E-state index in [0.29, 0.717) is 22.5 Å². The molecule has 2 aromatic heterocycles. The molecular weight excluding hydrogens is 332 g/mol. The molecule has 0 atom stereocenters. The fourth-order valence-electron chi connectivity index (χ4n) is 2.49. The maximum absolute atomic E-state index is 12.5. The fourth-order valence-corrected chi connectivity index (χ4v) is 2.49. The molecule has 1 aromatic carbocycles. The van der Waals surface area contributed by atoms with Gasteiger partial charge in [-0.05, 0) is 25.1 Å². The van der Waals surface area contributed by atoms with Crippen molar-refractivity contribution in [1.82, 2.24) is 15.0 Å². The Kier molecular flexibility index (Phi) is 4.60. The van der Waals surface area contributed by atoms with Crippen LogP contribution in [0, 0.1) is 6.92 Å². The smallest absolute Gasteiger partial charge is 0.387 e. The highest BCUT2D eigenvalue weighted by molar-refractivity contribution is 5.97. The van der Waals surface area contributed by atoms with E-state index >= 15 is 0 Å². The first-order chi connectivity index (χ1) is 12.0. The molecule has 0 bridgehead atoms. The number of halogens is 2. The number of hydrogen-bond donors (Lipinski definition) is 1. The van der Waals surface area contributed by atoms with Gasteiger partial charge in [-0.3, -0.25) is 9.78 Å². The van der Waals surface area contributed by atoms with Crippen molar-refractivity contribution in [3.8, 4) is 11.5 Å². The molecule has 3 rings (SSSR count). The van der Waals surface area contributed by atoms with Crippen molar-refractivity contribution in [2.45, 2.75) is 20.0 Å². The van der Waals surface area contributed by atoms with Gasteiger partial charge in [-0.2, -0.15) is 8.78 Å². The number of Topliss-reactive ketones (excluding diaryl/α,β-unsaturated/α-hetero) is 1. The Morgan fingerprint density at radius 3 is 2.84 bits per heavy atom. The van der Waals surface area contributed by atoms with Gasteiger partial charge < -0.3 is 14.5 Å². The zero-order valence-electron chi connectivity index (χ0n) is 13.5. The quantitative estimate of drug-likeness (QED) is 0.692. The van der Waals surface area contributed by atoms with Crippen LogP contribution in [0.5, 0.6) is 11.5 Å². The molecule has 0 saturated carbocycles. The minimum atomic E-state index is -2.91. The SMILES string of the molecule is COc1ccnc(CC(=O)c2nc3ccc(OC(F)F)cc3[nH]2)c1C. The van der Waals surface area contributed by atoms with Crippen LogP contribution >= 0.6 is 0 Å². The molecule has 0 saturated heterocycles. The Bertz CT molecular complexity index is 925. The highest BCUT2D eigenvalue weighted by atomic mass is 19.3. The van der Waals surface area contributed by atoms with Crippen molar-refractivity contribution in [2.24, 2.45) is 0 Å². The van der Waals surface area contributed by atoms with Gasteiger partial charge >= 0.3 is 6.61 Å². The van der Waals surface area contributed by atoms with E-state index in [0.717, 1.165) is 5.56 Å². The van der Waals surface area contributed by atoms with Crippen LogP contribution in [-0.2, 0) is 6.42 Å². The van der Waals surface area contributed by atoms with E-state index in [1.54, 1.807) is 19.4 Å². The molecule has 130 valence electrons. The third-order valence-electron chi connectivity index (χ3n) is 3.75. The van der Waals surface area contributed by atoms with Crippen molar-refractivity contribution >= 4 is 16.8 Å². The predicted octanol–water partition coefficient (Wildman–Crippen LogP) is 3.30. The lowest BCUT2D eigenvalue weighted by atomic mass is 10.1. The molecule has 0 spiro atoms. The van der Waals surface area contributed by atoms with Crippen LogP contribution in [0.25, 0.3) is 11.0 Å². The van der Waals surface area contributed by atoms with Gasteiger partial charge in [-0.1, -0.05) is 0 Å². The second-order valence-electron chi connectivity index (χ2n) is 5.33. The minimum Gasteiger partial charge on any atom is -0.496 e. The van der Waals surface area contributed by atoms with Gasteiger partial charge in [-0.15, -0.1) is 0 Å². The number of carbonyl (C=O) groups excluding carboxylic acids is 1. The fraction of sp³-hybridized carbons (Fsp3) is 0.235. The van der Waals surface area contributed by atoms with Gasteiger partial charge in [0.25, 0.3) is 0 Å². The average Bonchev–Trinajstić information content (AvgIpc) is 2.99. The van der Waals surface area contributed by atoms with Crippen molar-refractivity contribution < 1.29 is 23.0 Å². The number of hydrogen-bond acceptors (Lipinski definition) is 5. The Hall–Kier alpha value is -3.03. The van der Waals surface area contributed by atoms with Gasteiger partial charge in [0.1, 0.15) is 11.5 Å². The largest absolute Gasteiger partial charge is 0.496 e. The summed E-state index contributed by atoms with van der Waals surface area (Å²) < 4.78 is 34.1. The second-order valence-corrected chi connectivity index (χ2v) is 5.33. The van der Waals surface area contributed by atoms with Crippen LogP contribution in [0.3, 0.4) is 0 Å². The molecule has 3 aromatic rings. The highest BCUT2D eigenvalue weighted by Gasteiger charge is 2.16. The average molecular weight is 347 g/mol. The van der Waals surface area contributed by atoms with E-state index in [1.807, 2.05) is 6.92 Å². The number of nitrogens with zero attached hydrogens (tertiary/aromatic N) is 2. The van der Waals surface area contributed by atoms with Crippen molar-refractivity contribution in [3.05, 3.63) is 47.5 Å². The molecule has 2 heterocycles. The summed E-state index contributed by atoms with van der Waals surface area (Å²) >= 11 is 0. The van der Waals surface area contributed by atoms with E-state index in [4.69, 9.17) is 4.74 Å². The van der Waals surface area contributed by atoms with Crippen molar-refractivity contribution in [2.75, 3.05) is 7.11 Å². The molecule has 0 aliphatic carbocycles. The topological polar surface area (TPSA) is 77.1 Å². The molecular formula is C17H15F2N3O3. The van der Waals surface area contributed by atoms with Gasteiger partial charge in [-0.25, -0.2) is 4.98 Å². The third kappa shape index (κ3) is 3.57. The van der Waals surface area contributed by atoms with E-state index in [2.05, 4.69) is 19.7 Å². The van der Waals surface area contributed by atoms with Crippen LogP contribution < -0.4 is 9.47 Å². The maximum atomic E-state index is 12.5. The number of aromatic nitrogens is 3. The number of methoxy groups -OCH3 is 1. The third-order valence-corrected chi connectivity index (χ3v) is 3.75. The summed E-state index contributed by atoms with van der Waals surface area (Å²) in [7, 11) is 1.55.